The Morgan fingerprint density at radius 2 is 1.86 bits per heavy atom. The predicted octanol–water partition coefficient (Wildman–Crippen LogP) is 3.13. The largest absolute Gasteiger partial charge is 0.482 e. The molecule has 152 valence electrons. The van der Waals surface area contributed by atoms with E-state index in [-0.39, 0.29) is 5.91 Å². The van der Waals surface area contributed by atoms with E-state index in [0.29, 0.717) is 29.4 Å². The smallest absolute Gasteiger partial charge is 0.341 e. The van der Waals surface area contributed by atoms with E-state index in [1.807, 2.05) is 49.6 Å². The van der Waals surface area contributed by atoms with Gasteiger partial charge in [-0.05, 0) is 44.5 Å². The van der Waals surface area contributed by atoms with Crippen LogP contribution in [0.1, 0.15) is 33.1 Å². The van der Waals surface area contributed by atoms with E-state index in [2.05, 4.69) is 5.16 Å². The molecule has 3 aromatic rings. The van der Waals surface area contributed by atoms with Crippen molar-refractivity contribution in [2.75, 3.05) is 13.7 Å². The van der Waals surface area contributed by atoms with E-state index in [1.165, 1.54) is 0 Å². The third-order valence-corrected chi connectivity index (χ3v) is 4.56. The molecule has 0 aliphatic heterocycles. The van der Waals surface area contributed by atoms with Gasteiger partial charge in [-0.3, -0.25) is 9.36 Å². The highest BCUT2D eigenvalue weighted by molar-refractivity contribution is 5.95. The van der Waals surface area contributed by atoms with Gasteiger partial charge in [0.15, 0.2) is 12.4 Å². The van der Waals surface area contributed by atoms with Gasteiger partial charge in [0, 0.05) is 31.0 Å². The molecule has 2 aromatic heterocycles. The molecule has 0 radical (unpaired) electrons. The van der Waals surface area contributed by atoms with Crippen molar-refractivity contribution in [1.29, 1.82) is 0 Å². The molecule has 0 spiro atoms. The third kappa shape index (κ3) is 4.48. The molecule has 0 fully saturated rings. The van der Waals surface area contributed by atoms with Crippen LogP contribution in [-0.2, 0) is 11.3 Å². The third-order valence-electron chi connectivity index (χ3n) is 4.56. The molecule has 0 bridgehead atoms. The Bertz CT molecular complexity index is 1030. The van der Waals surface area contributed by atoms with E-state index in [4.69, 9.17) is 14.4 Å². The van der Waals surface area contributed by atoms with Gasteiger partial charge >= 0.3 is 5.97 Å². The number of carboxylic acid groups (broad SMARTS) is 1. The normalized spacial score (nSPS) is 10.8. The molecule has 0 atom stereocenters. The fourth-order valence-corrected chi connectivity index (χ4v) is 3.18. The molecule has 0 aliphatic carbocycles. The minimum absolute atomic E-state index is 0.101. The number of amides is 1. The SMILES string of the molecule is Cc1cc(-n2c(C)cc(C(=O)N(C)Cc3ccc(OCC(=O)O)cc3)c2C)no1. The summed E-state index contributed by atoms with van der Waals surface area (Å²) in [6.07, 6.45) is 0. The van der Waals surface area contributed by atoms with Gasteiger partial charge in [0.2, 0.25) is 0 Å². The van der Waals surface area contributed by atoms with Gasteiger partial charge in [-0.1, -0.05) is 17.3 Å². The summed E-state index contributed by atoms with van der Waals surface area (Å²) in [5.41, 5.74) is 3.20. The van der Waals surface area contributed by atoms with E-state index >= 15 is 0 Å². The van der Waals surface area contributed by atoms with Crippen LogP contribution >= 0.6 is 0 Å². The number of aryl methyl sites for hydroxylation is 2. The van der Waals surface area contributed by atoms with Crippen molar-refractivity contribution in [2.45, 2.75) is 27.3 Å². The second kappa shape index (κ2) is 8.22. The van der Waals surface area contributed by atoms with Gasteiger partial charge in [0.25, 0.3) is 5.91 Å². The molecule has 1 N–H and O–H groups in total. The summed E-state index contributed by atoms with van der Waals surface area (Å²) in [4.78, 5) is 25.2. The summed E-state index contributed by atoms with van der Waals surface area (Å²) in [5.74, 6) is 0.689. The number of hydrogen-bond donors (Lipinski definition) is 1. The molecular formula is C21H23N3O5. The lowest BCUT2D eigenvalue weighted by Gasteiger charge is -2.17. The summed E-state index contributed by atoms with van der Waals surface area (Å²) in [7, 11) is 1.74. The minimum Gasteiger partial charge on any atom is -0.482 e. The number of aromatic nitrogens is 2. The highest BCUT2D eigenvalue weighted by Gasteiger charge is 2.21. The quantitative estimate of drug-likeness (QED) is 0.658. The van der Waals surface area contributed by atoms with Gasteiger partial charge in [-0.15, -0.1) is 0 Å². The van der Waals surface area contributed by atoms with Crippen molar-refractivity contribution in [2.24, 2.45) is 0 Å². The van der Waals surface area contributed by atoms with E-state index in [9.17, 15) is 9.59 Å². The van der Waals surface area contributed by atoms with Crippen molar-refractivity contribution in [1.82, 2.24) is 14.6 Å². The minimum atomic E-state index is -1.03. The van der Waals surface area contributed by atoms with Gasteiger partial charge < -0.3 is 19.3 Å². The second-order valence-electron chi connectivity index (χ2n) is 6.90. The molecular weight excluding hydrogens is 374 g/mol. The zero-order chi connectivity index (χ0) is 21.1. The molecule has 8 nitrogen and oxygen atoms in total. The number of ether oxygens (including phenoxy) is 1. The Morgan fingerprint density at radius 3 is 2.45 bits per heavy atom. The lowest BCUT2D eigenvalue weighted by Crippen LogP contribution is -2.26. The molecule has 0 saturated carbocycles. The first-order valence-corrected chi connectivity index (χ1v) is 9.08. The van der Waals surface area contributed by atoms with Crippen molar-refractivity contribution in [3.63, 3.8) is 0 Å². The van der Waals surface area contributed by atoms with Crippen molar-refractivity contribution < 1.29 is 24.0 Å². The molecule has 0 aliphatic rings. The molecule has 0 unspecified atom stereocenters. The molecule has 1 aromatic carbocycles. The van der Waals surface area contributed by atoms with Crippen molar-refractivity contribution in [3.05, 3.63) is 64.7 Å². The topological polar surface area (TPSA) is 97.8 Å². The van der Waals surface area contributed by atoms with Crippen LogP contribution in [0.3, 0.4) is 0 Å². The maximum atomic E-state index is 13.0. The fraction of sp³-hybridized carbons (Fsp3) is 0.286. The van der Waals surface area contributed by atoms with Gasteiger partial charge in [-0.25, -0.2) is 4.79 Å². The Morgan fingerprint density at radius 1 is 1.17 bits per heavy atom. The van der Waals surface area contributed by atoms with Crippen molar-refractivity contribution in [3.8, 4) is 11.6 Å². The maximum Gasteiger partial charge on any atom is 0.341 e. The highest BCUT2D eigenvalue weighted by Crippen LogP contribution is 2.22. The summed E-state index contributed by atoms with van der Waals surface area (Å²) < 4.78 is 12.2. The molecule has 8 heteroatoms. The lowest BCUT2D eigenvalue weighted by atomic mass is 10.1. The average Bonchev–Trinajstić information content (AvgIpc) is 3.22. The van der Waals surface area contributed by atoms with Crippen LogP contribution < -0.4 is 4.74 Å². The van der Waals surface area contributed by atoms with Crippen molar-refractivity contribution >= 4 is 11.9 Å². The second-order valence-corrected chi connectivity index (χ2v) is 6.90. The predicted molar refractivity (Wildman–Crippen MR) is 105 cm³/mol. The zero-order valence-electron chi connectivity index (χ0n) is 16.8. The van der Waals surface area contributed by atoms with Crippen LogP contribution in [0.2, 0.25) is 0 Å². The van der Waals surface area contributed by atoms with E-state index in [1.54, 1.807) is 24.1 Å². The number of benzene rings is 1. The Kier molecular flexibility index (Phi) is 5.72. The molecule has 0 saturated heterocycles. The lowest BCUT2D eigenvalue weighted by molar-refractivity contribution is -0.139. The molecule has 3 rings (SSSR count). The number of aliphatic carboxylic acids is 1. The van der Waals surface area contributed by atoms with Crippen LogP contribution in [0, 0.1) is 20.8 Å². The van der Waals surface area contributed by atoms with E-state index in [0.717, 1.165) is 17.0 Å². The fourth-order valence-electron chi connectivity index (χ4n) is 3.18. The first-order valence-electron chi connectivity index (χ1n) is 9.08. The van der Waals surface area contributed by atoms with Gasteiger partial charge in [-0.2, -0.15) is 0 Å². The van der Waals surface area contributed by atoms with Crippen LogP contribution in [0.25, 0.3) is 5.82 Å². The summed E-state index contributed by atoms with van der Waals surface area (Å²) in [6.45, 7) is 5.64. The Labute approximate surface area is 168 Å². The number of nitrogens with zero attached hydrogens (tertiary/aromatic N) is 3. The highest BCUT2D eigenvalue weighted by atomic mass is 16.5. The number of rotatable bonds is 7. The summed E-state index contributed by atoms with van der Waals surface area (Å²) in [5, 5.41) is 12.7. The standard InChI is InChI=1S/C21H23N3O5/c1-13-9-18(15(3)24(13)19-10-14(2)29-22-19)21(27)23(4)11-16-5-7-17(8-6-16)28-12-20(25)26/h5-10H,11-12H2,1-4H3,(H,25,26). The van der Waals surface area contributed by atoms with Crippen LogP contribution in [0.4, 0.5) is 0 Å². The maximum absolute atomic E-state index is 13.0. The van der Waals surface area contributed by atoms with Gasteiger partial charge in [0.1, 0.15) is 11.5 Å². The Hall–Kier alpha value is -3.55. The number of carboxylic acids is 1. The number of carbonyl (C=O) groups excluding carboxylic acids is 1. The first kappa shape index (κ1) is 20.2. The van der Waals surface area contributed by atoms with E-state index < -0.39 is 12.6 Å². The van der Waals surface area contributed by atoms with Gasteiger partial charge in [0.05, 0.1) is 5.56 Å². The summed E-state index contributed by atoms with van der Waals surface area (Å²) >= 11 is 0. The first-order chi connectivity index (χ1) is 13.8. The Balaban J connectivity index is 1.73. The molecule has 1 amide bonds. The average molecular weight is 397 g/mol. The zero-order valence-corrected chi connectivity index (χ0v) is 16.8. The molecule has 2 heterocycles. The monoisotopic (exact) mass is 397 g/mol. The van der Waals surface area contributed by atoms with Crippen LogP contribution in [0.5, 0.6) is 5.75 Å². The van der Waals surface area contributed by atoms with Crippen LogP contribution in [-0.4, -0.2) is 45.3 Å². The molecule has 29 heavy (non-hydrogen) atoms. The number of carbonyl (C=O) groups is 2. The van der Waals surface area contributed by atoms with Crippen LogP contribution in [0.15, 0.2) is 40.9 Å². The summed E-state index contributed by atoms with van der Waals surface area (Å²) in [6, 6.07) is 10.7. The number of hydrogen-bond acceptors (Lipinski definition) is 5.